The smallest absolute Gasteiger partial charge is 0.264 e. The molecule has 2 aromatic carbocycles. The van der Waals surface area contributed by atoms with Crippen LogP contribution in [0.2, 0.25) is 0 Å². The van der Waals surface area contributed by atoms with Gasteiger partial charge in [-0.25, -0.2) is 0 Å². The summed E-state index contributed by atoms with van der Waals surface area (Å²) in [5.41, 5.74) is 3.64. The summed E-state index contributed by atoms with van der Waals surface area (Å²) in [5, 5.41) is 4.00. The Morgan fingerprint density at radius 1 is 1.27 bits per heavy atom. The molecular weight excluding hydrogens is 330 g/mol. The van der Waals surface area contributed by atoms with Gasteiger partial charge in [0.2, 0.25) is 5.91 Å². The molecule has 0 saturated carbocycles. The first-order valence-electron chi connectivity index (χ1n) is 8.46. The second-order valence-electron chi connectivity index (χ2n) is 6.36. The topological polar surface area (TPSA) is 74.4 Å². The summed E-state index contributed by atoms with van der Waals surface area (Å²) in [6.07, 6.45) is 2.19. The fraction of sp³-hybridized carbons (Fsp3) is 0.200. The lowest BCUT2D eigenvalue weighted by Crippen LogP contribution is -2.35. The highest BCUT2D eigenvalue weighted by atomic mass is 16.5. The van der Waals surface area contributed by atoms with Gasteiger partial charge in [0.1, 0.15) is 5.75 Å². The van der Waals surface area contributed by atoms with Gasteiger partial charge in [-0.05, 0) is 29.3 Å². The molecule has 0 saturated heterocycles. The molecule has 0 bridgehead atoms. The number of nitrogens with zero attached hydrogens (tertiary/aromatic N) is 1. The number of hydrogen-bond donors (Lipinski definition) is 2. The summed E-state index contributed by atoms with van der Waals surface area (Å²) in [7, 11) is 1.73. The first-order valence-corrected chi connectivity index (χ1v) is 8.46. The fourth-order valence-corrected chi connectivity index (χ4v) is 3.14. The van der Waals surface area contributed by atoms with E-state index in [1.807, 2.05) is 48.7 Å². The highest BCUT2D eigenvalue weighted by Gasteiger charge is 2.22. The van der Waals surface area contributed by atoms with E-state index < -0.39 is 0 Å². The van der Waals surface area contributed by atoms with Crippen molar-refractivity contribution in [1.29, 1.82) is 0 Å². The Kier molecular flexibility index (Phi) is 4.08. The standard InChI is InChI=1S/C20H19N3O3/c1-23-17-8-13(6-7-18(17)26-12-20(23)25)10-22-19(24)9-14-11-21-16-5-3-2-4-15(14)16/h2-8,11,21H,9-10,12H2,1H3,(H,22,24). The number of H-pyrrole nitrogens is 1. The molecule has 2 N–H and O–H groups in total. The average molecular weight is 349 g/mol. The van der Waals surface area contributed by atoms with Gasteiger partial charge in [-0.1, -0.05) is 24.3 Å². The van der Waals surface area contributed by atoms with Crippen LogP contribution in [0.4, 0.5) is 5.69 Å². The second-order valence-corrected chi connectivity index (χ2v) is 6.36. The molecule has 1 aromatic heterocycles. The van der Waals surface area contributed by atoms with Crippen LogP contribution in [0.25, 0.3) is 10.9 Å². The van der Waals surface area contributed by atoms with Crippen molar-refractivity contribution < 1.29 is 14.3 Å². The van der Waals surface area contributed by atoms with E-state index in [2.05, 4.69) is 10.3 Å². The Bertz CT molecular complexity index is 993. The SMILES string of the molecule is CN1C(=O)COc2ccc(CNC(=O)Cc3c[nH]c4ccccc34)cc21. The molecule has 2 amide bonds. The number of likely N-dealkylation sites (N-methyl/N-ethyl adjacent to an activating group) is 1. The van der Waals surface area contributed by atoms with Gasteiger partial charge in [-0.15, -0.1) is 0 Å². The predicted octanol–water partition coefficient (Wildman–Crippen LogP) is 2.38. The maximum atomic E-state index is 12.3. The lowest BCUT2D eigenvalue weighted by atomic mass is 10.1. The van der Waals surface area contributed by atoms with Gasteiger partial charge in [0.15, 0.2) is 6.61 Å². The Hall–Kier alpha value is -3.28. The number of hydrogen-bond acceptors (Lipinski definition) is 3. The molecular formula is C20H19N3O3. The first-order chi connectivity index (χ1) is 12.6. The van der Waals surface area contributed by atoms with Crippen LogP contribution in [0, 0.1) is 0 Å². The molecule has 26 heavy (non-hydrogen) atoms. The van der Waals surface area contributed by atoms with E-state index in [-0.39, 0.29) is 18.4 Å². The molecule has 6 nitrogen and oxygen atoms in total. The first kappa shape index (κ1) is 16.2. The summed E-state index contributed by atoms with van der Waals surface area (Å²) < 4.78 is 5.42. The fourth-order valence-electron chi connectivity index (χ4n) is 3.14. The number of anilines is 1. The molecule has 0 fully saturated rings. The lowest BCUT2D eigenvalue weighted by molar-refractivity contribution is -0.121. The number of fused-ring (bicyclic) bond motifs is 2. The van der Waals surface area contributed by atoms with Crippen LogP contribution in [-0.4, -0.2) is 30.5 Å². The third-order valence-corrected chi connectivity index (χ3v) is 4.63. The van der Waals surface area contributed by atoms with E-state index >= 15 is 0 Å². The summed E-state index contributed by atoms with van der Waals surface area (Å²) >= 11 is 0. The van der Waals surface area contributed by atoms with Crippen molar-refractivity contribution in [2.75, 3.05) is 18.6 Å². The van der Waals surface area contributed by atoms with Crippen LogP contribution in [0.3, 0.4) is 0 Å². The number of aromatic amines is 1. The maximum Gasteiger partial charge on any atom is 0.264 e. The van der Waals surface area contributed by atoms with Gasteiger partial charge < -0.3 is 19.9 Å². The van der Waals surface area contributed by atoms with Gasteiger partial charge in [-0.3, -0.25) is 9.59 Å². The quantitative estimate of drug-likeness (QED) is 0.759. The number of para-hydroxylation sites is 1. The van der Waals surface area contributed by atoms with E-state index in [0.29, 0.717) is 18.7 Å². The molecule has 132 valence electrons. The van der Waals surface area contributed by atoms with Crippen LogP contribution in [-0.2, 0) is 22.6 Å². The van der Waals surface area contributed by atoms with Gasteiger partial charge >= 0.3 is 0 Å². The van der Waals surface area contributed by atoms with Gasteiger partial charge in [-0.2, -0.15) is 0 Å². The largest absolute Gasteiger partial charge is 0.482 e. The highest BCUT2D eigenvalue weighted by Crippen LogP contribution is 2.31. The third-order valence-electron chi connectivity index (χ3n) is 4.63. The predicted molar refractivity (Wildman–Crippen MR) is 99.2 cm³/mol. The van der Waals surface area contributed by atoms with E-state index in [9.17, 15) is 9.59 Å². The zero-order chi connectivity index (χ0) is 18.1. The molecule has 0 radical (unpaired) electrons. The Morgan fingerprint density at radius 2 is 2.12 bits per heavy atom. The molecule has 4 rings (SSSR count). The molecule has 0 atom stereocenters. The Balaban J connectivity index is 1.43. The van der Waals surface area contributed by atoms with Crippen LogP contribution in [0.5, 0.6) is 5.75 Å². The van der Waals surface area contributed by atoms with Crippen molar-refractivity contribution in [3.05, 3.63) is 59.8 Å². The molecule has 0 spiro atoms. The summed E-state index contributed by atoms with van der Waals surface area (Å²) in [4.78, 5) is 28.8. The Morgan fingerprint density at radius 3 is 3.00 bits per heavy atom. The third kappa shape index (κ3) is 3.01. The van der Waals surface area contributed by atoms with E-state index in [4.69, 9.17) is 4.74 Å². The summed E-state index contributed by atoms with van der Waals surface area (Å²) in [6.45, 7) is 0.459. The molecule has 2 heterocycles. The molecule has 1 aliphatic rings. The van der Waals surface area contributed by atoms with Gasteiger partial charge in [0.25, 0.3) is 5.91 Å². The maximum absolute atomic E-state index is 12.3. The van der Waals surface area contributed by atoms with E-state index in [1.165, 1.54) is 0 Å². The van der Waals surface area contributed by atoms with Crippen LogP contribution in [0.15, 0.2) is 48.7 Å². The average Bonchev–Trinajstić information content (AvgIpc) is 3.06. The number of carbonyl (C=O) groups excluding carboxylic acids is 2. The highest BCUT2D eigenvalue weighted by molar-refractivity contribution is 5.97. The summed E-state index contributed by atoms with van der Waals surface area (Å²) in [5.74, 6) is 0.548. The number of amides is 2. The minimum Gasteiger partial charge on any atom is -0.482 e. The van der Waals surface area contributed by atoms with Crippen LogP contribution >= 0.6 is 0 Å². The number of aromatic nitrogens is 1. The molecule has 6 heteroatoms. The van der Waals surface area contributed by atoms with Crippen molar-refractivity contribution in [3.8, 4) is 5.75 Å². The van der Waals surface area contributed by atoms with Crippen molar-refractivity contribution in [2.45, 2.75) is 13.0 Å². The number of nitrogens with one attached hydrogen (secondary N) is 2. The monoisotopic (exact) mass is 349 g/mol. The normalized spacial score (nSPS) is 13.4. The van der Waals surface area contributed by atoms with Gasteiger partial charge in [0, 0.05) is 30.7 Å². The van der Waals surface area contributed by atoms with Gasteiger partial charge in [0.05, 0.1) is 12.1 Å². The minimum absolute atomic E-state index is 0.0480. The number of benzene rings is 2. The minimum atomic E-state index is -0.0852. The zero-order valence-corrected chi connectivity index (χ0v) is 14.4. The molecule has 0 aliphatic carbocycles. The van der Waals surface area contributed by atoms with Crippen molar-refractivity contribution >= 4 is 28.4 Å². The number of rotatable bonds is 4. The van der Waals surface area contributed by atoms with E-state index in [0.717, 1.165) is 27.7 Å². The molecule has 3 aromatic rings. The molecule has 0 unspecified atom stereocenters. The lowest BCUT2D eigenvalue weighted by Gasteiger charge is -2.26. The second kappa shape index (κ2) is 6.55. The number of carbonyl (C=O) groups is 2. The van der Waals surface area contributed by atoms with E-state index in [1.54, 1.807) is 11.9 Å². The molecule has 1 aliphatic heterocycles. The Labute approximate surface area is 150 Å². The van der Waals surface area contributed by atoms with Crippen molar-refractivity contribution in [2.24, 2.45) is 0 Å². The van der Waals surface area contributed by atoms with Crippen molar-refractivity contribution in [3.63, 3.8) is 0 Å². The number of ether oxygens (including phenoxy) is 1. The summed E-state index contributed by atoms with van der Waals surface area (Å²) in [6, 6.07) is 13.5. The van der Waals surface area contributed by atoms with Crippen molar-refractivity contribution in [1.82, 2.24) is 10.3 Å². The van der Waals surface area contributed by atoms with Crippen LogP contribution < -0.4 is 15.0 Å². The van der Waals surface area contributed by atoms with Crippen LogP contribution in [0.1, 0.15) is 11.1 Å². The zero-order valence-electron chi connectivity index (χ0n) is 14.4.